The summed E-state index contributed by atoms with van der Waals surface area (Å²) in [6.45, 7) is 15.4. The number of carbonyl (C=O) groups excluding carboxylic acids is 2. The molecule has 0 aromatic heterocycles. The first-order valence-electron chi connectivity index (χ1n) is 14.8. The average Bonchev–Trinajstić information content (AvgIpc) is 3.49. The zero-order valence-corrected chi connectivity index (χ0v) is 25.2. The van der Waals surface area contributed by atoms with Crippen molar-refractivity contribution in [2.45, 2.75) is 110 Å². The monoisotopic (exact) mass is 556 g/mol. The highest BCUT2D eigenvalue weighted by molar-refractivity contribution is 5.84. The van der Waals surface area contributed by atoms with Gasteiger partial charge in [-0.1, -0.05) is 33.8 Å². The Morgan fingerprint density at radius 3 is 2.17 bits per heavy atom. The van der Waals surface area contributed by atoms with Gasteiger partial charge in [0.05, 0.1) is 18.0 Å². The smallest absolute Gasteiger partial charge is 0.228 e. The number of rotatable bonds is 4. The third-order valence-electron chi connectivity index (χ3n) is 9.31. The number of halogens is 2. The number of hydrogen-bond donors (Lipinski definition) is 0. The van der Waals surface area contributed by atoms with Gasteiger partial charge in [0.25, 0.3) is 0 Å². The van der Waals surface area contributed by atoms with E-state index in [1.807, 2.05) is 25.7 Å². The number of amides is 2. The molecular formula is C32H46F2N4O2. The van der Waals surface area contributed by atoms with E-state index < -0.39 is 34.9 Å². The summed E-state index contributed by atoms with van der Waals surface area (Å²) >= 11 is 0. The molecular weight excluding hydrogens is 510 g/mol. The second-order valence-corrected chi connectivity index (χ2v) is 14.4. The standard InChI is InChI=1S/C32H46F2N4O2/c1-20-8-11-22(12-9-20)38(30(40)31(2,3)4)24-15-23(16-35)37(17-24)29(39)27-19-36(32(5,6)7)18-26(27)25-13-10-21(33)14-28(25)34/h10,13-14,20,22-24,26-27H,8-9,11-12,15,17-19H2,1-7H3/t20?,22?,23-,24-,26-,27+/m0/s1. The van der Waals surface area contributed by atoms with Crippen LogP contribution in [-0.2, 0) is 9.59 Å². The fourth-order valence-electron chi connectivity index (χ4n) is 6.85. The Hall–Kier alpha value is -2.53. The van der Waals surface area contributed by atoms with Crippen molar-refractivity contribution in [2.75, 3.05) is 19.6 Å². The van der Waals surface area contributed by atoms with E-state index in [1.54, 1.807) is 4.90 Å². The number of hydrogen-bond acceptors (Lipinski definition) is 4. The molecule has 3 fully saturated rings. The van der Waals surface area contributed by atoms with Crippen LogP contribution >= 0.6 is 0 Å². The summed E-state index contributed by atoms with van der Waals surface area (Å²) < 4.78 is 28.8. The third-order valence-corrected chi connectivity index (χ3v) is 9.31. The maximum Gasteiger partial charge on any atom is 0.228 e. The molecule has 220 valence electrons. The molecule has 3 aliphatic rings. The van der Waals surface area contributed by atoms with Crippen LogP contribution in [0.15, 0.2) is 18.2 Å². The minimum Gasteiger partial charge on any atom is -0.334 e. The summed E-state index contributed by atoms with van der Waals surface area (Å²) in [6, 6.07) is 5.11. The summed E-state index contributed by atoms with van der Waals surface area (Å²) in [7, 11) is 0. The van der Waals surface area contributed by atoms with Crippen LogP contribution in [0.5, 0.6) is 0 Å². The molecule has 2 aliphatic heterocycles. The van der Waals surface area contributed by atoms with Crippen molar-refractivity contribution in [3.05, 3.63) is 35.4 Å². The van der Waals surface area contributed by atoms with E-state index in [9.17, 15) is 19.2 Å². The number of carbonyl (C=O) groups is 2. The Bertz CT molecular complexity index is 1140. The van der Waals surface area contributed by atoms with Gasteiger partial charge in [-0.25, -0.2) is 8.78 Å². The van der Waals surface area contributed by atoms with Crippen molar-refractivity contribution in [3.63, 3.8) is 0 Å². The van der Waals surface area contributed by atoms with Gasteiger partial charge in [-0.15, -0.1) is 0 Å². The van der Waals surface area contributed by atoms with Crippen LogP contribution in [-0.4, -0.2) is 69.8 Å². The molecule has 0 N–H and O–H groups in total. The lowest BCUT2D eigenvalue weighted by Gasteiger charge is -2.42. The zero-order chi connectivity index (χ0) is 29.6. The topological polar surface area (TPSA) is 67.6 Å². The van der Waals surface area contributed by atoms with Gasteiger partial charge in [0.15, 0.2) is 0 Å². The van der Waals surface area contributed by atoms with Crippen molar-refractivity contribution in [3.8, 4) is 6.07 Å². The van der Waals surface area contributed by atoms with Crippen LogP contribution in [0.25, 0.3) is 0 Å². The molecule has 8 heteroatoms. The van der Waals surface area contributed by atoms with E-state index in [-0.39, 0.29) is 29.4 Å². The van der Waals surface area contributed by atoms with Crippen LogP contribution in [0, 0.1) is 40.2 Å². The number of likely N-dealkylation sites (tertiary alicyclic amines) is 2. The first-order chi connectivity index (χ1) is 18.6. The lowest BCUT2D eigenvalue weighted by Crippen LogP contribution is -2.53. The Morgan fingerprint density at radius 2 is 1.62 bits per heavy atom. The van der Waals surface area contributed by atoms with Crippen molar-refractivity contribution >= 4 is 11.8 Å². The van der Waals surface area contributed by atoms with Crippen molar-refractivity contribution < 1.29 is 18.4 Å². The quantitative estimate of drug-likeness (QED) is 0.475. The molecule has 1 aromatic carbocycles. The fourth-order valence-corrected chi connectivity index (χ4v) is 6.85. The summed E-state index contributed by atoms with van der Waals surface area (Å²) in [6.07, 6.45) is 4.40. The third kappa shape index (κ3) is 6.20. The number of benzene rings is 1. The summed E-state index contributed by atoms with van der Waals surface area (Å²) in [4.78, 5) is 33.8. The van der Waals surface area contributed by atoms with Gasteiger partial charge in [-0.2, -0.15) is 5.26 Å². The van der Waals surface area contributed by atoms with Crippen molar-refractivity contribution in [1.82, 2.24) is 14.7 Å². The van der Waals surface area contributed by atoms with E-state index in [2.05, 4.69) is 38.7 Å². The first-order valence-corrected chi connectivity index (χ1v) is 14.8. The second-order valence-electron chi connectivity index (χ2n) is 14.4. The van der Waals surface area contributed by atoms with Gasteiger partial charge < -0.3 is 9.80 Å². The number of nitrogens with zero attached hydrogens (tertiary/aromatic N) is 4. The van der Waals surface area contributed by atoms with Crippen LogP contribution < -0.4 is 0 Å². The Morgan fingerprint density at radius 1 is 0.975 bits per heavy atom. The molecule has 0 spiro atoms. The van der Waals surface area contributed by atoms with Crippen LogP contribution in [0.4, 0.5) is 8.78 Å². The van der Waals surface area contributed by atoms with Crippen LogP contribution in [0.1, 0.15) is 92.1 Å². The molecule has 1 aromatic rings. The molecule has 2 amide bonds. The van der Waals surface area contributed by atoms with Gasteiger partial charge in [-0.05, 0) is 64.0 Å². The normalized spacial score (nSPS) is 29.9. The Balaban J connectivity index is 1.64. The maximum atomic E-state index is 15.0. The van der Waals surface area contributed by atoms with Gasteiger partial charge >= 0.3 is 0 Å². The average molecular weight is 557 g/mol. The molecule has 4 rings (SSSR count). The molecule has 4 atom stereocenters. The largest absolute Gasteiger partial charge is 0.334 e. The molecule has 0 unspecified atom stereocenters. The summed E-state index contributed by atoms with van der Waals surface area (Å²) in [5, 5.41) is 10.2. The predicted molar refractivity (Wildman–Crippen MR) is 151 cm³/mol. The highest BCUT2D eigenvalue weighted by atomic mass is 19.1. The lowest BCUT2D eigenvalue weighted by molar-refractivity contribution is -0.146. The fraction of sp³-hybridized carbons (Fsp3) is 0.719. The minimum absolute atomic E-state index is 0.0640. The highest BCUT2D eigenvalue weighted by Crippen LogP contribution is 2.41. The SMILES string of the molecule is CC1CCC(N(C(=O)C(C)(C)C)[C@H]2C[C@@H](C#N)N(C(=O)[C@@H]3CN(C(C)(C)C)C[C@H]3c3ccc(F)cc3F)C2)CC1. The molecule has 2 heterocycles. The predicted octanol–water partition coefficient (Wildman–Crippen LogP) is 5.73. The first kappa shape index (κ1) is 30.4. The van der Waals surface area contributed by atoms with Crippen LogP contribution in [0.2, 0.25) is 0 Å². The molecule has 2 saturated heterocycles. The molecule has 40 heavy (non-hydrogen) atoms. The summed E-state index contributed by atoms with van der Waals surface area (Å²) in [5.41, 5.74) is -0.497. The molecule has 0 bridgehead atoms. The lowest BCUT2D eigenvalue weighted by atomic mass is 9.84. The highest BCUT2D eigenvalue weighted by Gasteiger charge is 2.49. The second kappa shape index (κ2) is 11.4. The zero-order valence-electron chi connectivity index (χ0n) is 25.2. The van der Waals surface area contributed by atoms with Gasteiger partial charge in [-0.3, -0.25) is 14.5 Å². The van der Waals surface area contributed by atoms with E-state index >= 15 is 4.39 Å². The maximum absolute atomic E-state index is 15.0. The van der Waals surface area contributed by atoms with E-state index in [4.69, 9.17) is 0 Å². The van der Waals surface area contributed by atoms with Gasteiger partial charge in [0.2, 0.25) is 11.8 Å². The van der Waals surface area contributed by atoms with E-state index in [0.29, 0.717) is 37.5 Å². The van der Waals surface area contributed by atoms with Gasteiger partial charge in [0.1, 0.15) is 17.7 Å². The van der Waals surface area contributed by atoms with Gasteiger partial charge in [0, 0.05) is 55.0 Å². The van der Waals surface area contributed by atoms with E-state index in [1.165, 1.54) is 12.1 Å². The number of nitriles is 1. The van der Waals surface area contributed by atoms with E-state index in [0.717, 1.165) is 31.7 Å². The molecule has 6 nitrogen and oxygen atoms in total. The van der Waals surface area contributed by atoms with Crippen molar-refractivity contribution in [1.29, 1.82) is 5.26 Å². The van der Waals surface area contributed by atoms with Crippen LogP contribution in [0.3, 0.4) is 0 Å². The molecule has 1 saturated carbocycles. The Kier molecular flexibility index (Phi) is 8.66. The minimum atomic E-state index is -0.655. The molecule has 0 radical (unpaired) electrons. The molecule has 1 aliphatic carbocycles. The Labute approximate surface area is 238 Å². The summed E-state index contributed by atoms with van der Waals surface area (Å²) in [5.74, 6) is -1.82. The van der Waals surface area contributed by atoms with Crippen molar-refractivity contribution in [2.24, 2.45) is 17.3 Å².